The van der Waals surface area contributed by atoms with Crippen LogP contribution >= 0.6 is 11.3 Å². The van der Waals surface area contributed by atoms with Crippen LogP contribution in [0, 0.1) is 0 Å². The van der Waals surface area contributed by atoms with E-state index in [1.807, 2.05) is 37.6 Å². The van der Waals surface area contributed by atoms with E-state index in [1.165, 1.54) is 22.6 Å². The molecule has 1 aliphatic rings. The van der Waals surface area contributed by atoms with Crippen molar-refractivity contribution in [1.82, 2.24) is 5.32 Å². The fourth-order valence-electron chi connectivity index (χ4n) is 2.13. The van der Waals surface area contributed by atoms with Gasteiger partial charge in [-0.15, -0.1) is 11.3 Å². The second-order valence-corrected chi connectivity index (χ2v) is 6.96. The Hall–Kier alpha value is -1.52. The van der Waals surface area contributed by atoms with Gasteiger partial charge in [0.25, 0.3) is 0 Å². The summed E-state index contributed by atoms with van der Waals surface area (Å²) < 4.78 is 5.90. The molecule has 112 valence electrons. The molecule has 21 heavy (non-hydrogen) atoms. The second kappa shape index (κ2) is 6.50. The number of hydrogen-bond donors (Lipinski definition) is 1. The average Bonchev–Trinajstić information content (AvgIpc) is 3.21. The van der Waals surface area contributed by atoms with Crippen LogP contribution in [0.1, 0.15) is 22.6 Å². The molecule has 0 saturated heterocycles. The fourth-order valence-corrected chi connectivity index (χ4v) is 3.02. The van der Waals surface area contributed by atoms with E-state index in [1.54, 1.807) is 0 Å². The van der Waals surface area contributed by atoms with Crippen molar-refractivity contribution >= 4 is 17.0 Å². The van der Waals surface area contributed by atoms with Gasteiger partial charge in [0.1, 0.15) is 12.4 Å². The maximum Gasteiger partial charge on any atom is 0.122 e. The van der Waals surface area contributed by atoms with Gasteiger partial charge in [0.2, 0.25) is 0 Å². The molecule has 1 heterocycles. The molecule has 0 unspecified atom stereocenters. The van der Waals surface area contributed by atoms with Crippen LogP contribution in [0.5, 0.6) is 5.75 Å². The first-order valence-electron chi connectivity index (χ1n) is 7.42. The third kappa shape index (κ3) is 4.22. The van der Waals surface area contributed by atoms with Gasteiger partial charge in [0, 0.05) is 48.2 Å². The molecule has 3 rings (SSSR count). The molecule has 4 heteroatoms. The predicted molar refractivity (Wildman–Crippen MR) is 89.3 cm³/mol. The van der Waals surface area contributed by atoms with Gasteiger partial charge in [-0.3, -0.25) is 0 Å². The van der Waals surface area contributed by atoms with Crippen LogP contribution in [0.3, 0.4) is 0 Å². The molecule has 3 nitrogen and oxygen atoms in total. The summed E-state index contributed by atoms with van der Waals surface area (Å²) in [5.74, 6) is 0.923. The molecule has 1 saturated carbocycles. The zero-order chi connectivity index (χ0) is 14.7. The summed E-state index contributed by atoms with van der Waals surface area (Å²) in [4.78, 5) is 4.75. The summed E-state index contributed by atoms with van der Waals surface area (Å²) in [5.41, 5.74) is 1.16. The molecular weight excluding hydrogens is 280 g/mol. The van der Waals surface area contributed by atoms with E-state index in [0.717, 1.165) is 24.0 Å². The number of rotatable bonds is 7. The SMILES string of the molecule is CN(C)c1cccc(OCc2ccc(CNC3CC3)s2)c1. The average molecular weight is 302 g/mol. The Labute approximate surface area is 130 Å². The highest BCUT2D eigenvalue weighted by atomic mass is 32.1. The fraction of sp³-hybridized carbons (Fsp3) is 0.412. The van der Waals surface area contributed by atoms with E-state index in [0.29, 0.717) is 6.61 Å². The van der Waals surface area contributed by atoms with Crippen LogP contribution in [-0.4, -0.2) is 20.1 Å². The highest BCUT2D eigenvalue weighted by Crippen LogP contribution is 2.24. The van der Waals surface area contributed by atoms with Crippen LogP contribution in [-0.2, 0) is 13.2 Å². The van der Waals surface area contributed by atoms with Crippen LogP contribution in [0.4, 0.5) is 5.69 Å². The molecule has 2 aromatic rings. The number of hydrogen-bond acceptors (Lipinski definition) is 4. The monoisotopic (exact) mass is 302 g/mol. The van der Waals surface area contributed by atoms with Gasteiger partial charge in [-0.1, -0.05) is 6.07 Å². The van der Waals surface area contributed by atoms with Gasteiger partial charge in [-0.2, -0.15) is 0 Å². The molecule has 0 spiro atoms. The van der Waals surface area contributed by atoms with Crippen molar-refractivity contribution in [2.45, 2.75) is 32.0 Å². The molecule has 1 N–H and O–H groups in total. The zero-order valence-electron chi connectivity index (χ0n) is 12.6. The molecule has 0 amide bonds. The molecule has 0 radical (unpaired) electrons. The van der Waals surface area contributed by atoms with Crippen molar-refractivity contribution in [2.24, 2.45) is 0 Å². The van der Waals surface area contributed by atoms with Gasteiger partial charge in [0.05, 0.1) is 0 Å². The molecule has 1 aromatic carbocycles. The number of benzene rings is 1. The number of thiophene rings is 1. The normalized spacial score (nSPS) is 14.2. The minimum absolute atomic E-state index is 0.644. The molecule has 0 atom stereocenters. The Bertz CT molecular complexity index is 590. The van der Waals surface area contributed by atoms with E-state index in [2.05, 4.69) is 34.5 Å². The van der Waals surface area contributed by atoms with Crippen LogP contribution in [0.25, 0.3) is 0 Å². The lowest BCUT2D eigenvalue weighted by atomic mass is 10.3. The summed E-state index contributed by atoms with van der Waals surface area (Å²) in [5, 5.41) is 3.54. The second-order valence-electron chi connectivity index (χ2n) is 5.70. The van der Waals surface area contributed by atoms with Crippen LogP contribution < -0.4 is 15.0 Å². The first-order chi connectivity index (χ1) is 10.2. The Morgan fingerprint density at radius 1 is 1.19 bits per heavy atom. The topological polar surface area (TPSA) is 24.5 Å². The predicted octanol–water partition coefficient (Wildman–Crippen LogP) is 3.65. The summed E-state index contributed by atoms with van der Waals surface area (Å²) in [6, 6.07) is 13.3. The third-order valence-corrected chi connectivity index (χ3v) is 4.63. The van der Waals surface area contributed by atoms with Gasteiger partial charge in [-0.25, -0.2) is 0 Å². The molecule has 1 aliphatic carbocycles. The van der Waals surface area contributed by atoms with Gasteiger partial charge in [-0.05, 0) is 37.1 Å². The van der Waals surface area contributed by atoms with Gasteiger partial charge in [0.15, 0.2) is 0 Å². The van der Waals surface area contributed by atoms with Crippen molar-refractivity contribution in [3.05, 3.63) is 46.2 Å². The van der Waals surface area contributed by atoms with E-state index in [9.17, 15) is 0 Å². The van der Waals surface area contributed by atoms with Crippen molar-refractivity contribution < 1.29 is 4.74 Å². The maximum atomic E-state index is 5.90. The number of nitrogens with zero attached hydrogens (tertiary/aromatic N) is 1. The Balaban J connectivity index is 1.53. The van der Waals surface area contributed by atoms with Crippen LogP contribution in [0.15, 0.2) is 36.4 Å². The minimum Gasteiger partial charge on any atom is -0.488 e. The summed E-state index contributed by atoms with van der Waals surface area (Å²) in [7, 11) is 4.08. The molecule has 1 fully saturated rings. The quantitative estimate of drug-likeness (QED) is 0.845. The van der Waals surface area contributed by atoms with Crippen molar-refractivity contribution in [1.29, 1.82) is 0 Å². The highest BCUT2D eigenvalue weighted by Gasteiger charge is 2.20. The molecule has 0 bridgehead atoms. The lowest BCUT2D eigenvalue weighted by Crippen LogP contribution is -2.14. The lowest BCUT2D eigenvalue weighted by molar-refractivity contribution is 0.310. The number of ether oxygens (including phenoxy) is 1. The van der Waals surface area contributed by atoms with E-state index in [-0.39, 0.29) is 0 Å². The molecular formula is C17H22N2OS. The summed E-state index contributed by atoms with van der Waals surface area (Å²) in [6.45, 7) is 1.64. The molecule has 1 aromatic heterocycles. The largest absolute Gasteiger partial charge is 0.488 e. The summed E-state index contributed by atoms with van der Waals surface area (Å²) in [6.07, 6.45) is 2.67. The third-order valence-electron chi connectivity index (χ3n) is 3.57. The van der Waals surface area contributed by atoms with Crippen molar-refractivity contribution in [2.75, 3.05) is 19.0 Å². The van der Waals surface area contributed by atoms with Gasteiger partial charge >= 0.3 is 0 Å². The zero-order valence-corrected chi connectivity index (χ0v) is 13.5. The van der Waals surface area contributed by atoms with E-state index < -0.39 is 0 Å². The molecule has 0 aliphatic heterocycles. The van der Waals surface area contributed by atoms with Crippen LogP contribution in [0.2, 0.25) is 0 Å². The first kappa shape index (κ1) is 14.4. The Morgan fingerprint density at radius 3 is 2.76 bits per heavy atom. The summed E-state index contributed by atoms with van der Waals surface area (Å²) >= 11 is 1.83. The Morgan fingerprint density at radius 2 is 2.00 bits per heavy atom. The maximum absolute atomic E-state index is 5.90. The first-order valence-corrected chi connectivity index (χ1v) is 8.23. The Kier molecular flexibility index (Phi) is 4.46. The number of nitrogens with one attached hydrogen (secondary N) is 1. The van der Waals surface area contributed by atoms with Crippen molar-refractivity contribution in [3.63, 3.8) is 0 Å². The smallest absolute Gasteiger partial charge is 0.122 e. The van der Waals surface area contributed by atoms with Gasteiger partial charge < -0.3 is 15.0 Å². The lowest BCUT2D eigenvalue weighted by Gasteiger charge is -2.13. The van der Waals surface area contributed by atoms with Crippen molar-refractivity contribution in [3.8, 4) is 5.75 Å². The highest BCUT2D eigenvalue weighted by molar-refractivity contribution is 7.11. The number of anilines is 1. The van der Waals surface area contributed by atoms with E-state index >= 15 is 0 Å². The standard InChI is InChI=1S/C17H22N2OS/c1-19(2)14-4-3-5-15(10-14)20-12-17-9-8-16(21-17)11-18-13-6-7-13/h3-5,8-10,13,18H,6-7,11-12H2,1-2H3. The minimum atomic E-state index is 0.644. The van der Waals surface area contributed by atoms with E-state index in [4.69, 9.17) is 4.74 Å².